The Hall–Kier alpha value is -2.41. The summed E-state index contributed by atoms with van der Waals surface area (Å²) in [5.74, 6) is -0.220. The van der Waals surface area contributed by atoms with Gasteiger partial charge in [0.2, 0.25) is 0 Å². The molecule has 0 radical (unpaired) electrons. The molecule has 2 rings (SSSR count). The minimum atomic E-state index is -0.444. The van der Waals surface area contributed by atoms with Crippen molar-refractivity contribution in [3.63, 3.8) is 0 Å². The molecule has 0 saturated carbocycles. The van der Waals surface area contributed by atoms with Crippen LogP contribution in [0.5, 0.6) is 5.75 Å². The van der Waals surface area contributed by atoms with Crippen molar-refractivity contribution < 1.29 is 13.5 Å². The first-order chi connectivity index (χ1) is 13.0. The first-order valence-electron chi connectivity index (χ1n) is 8.55. The Kier molecular flexibility index (Phi) is 9.65. The third-order valence-corrected chi connectivity index (χ3v) is 3.96. The Morgan fingerprint density at radius 1 is 1.21 bits per heavy atom. The highest BCUT2D eigenvalue weighted by atomic mass is 127. The average Bonchev–Trinajstić information content (AvgIpc) is 2.67. The van der Waals surface area contributed by atoms with Gasteiger partial charge in [-0.05, 0) is 49.7 Å². The lowest BCUT2D eigenvalue weighted by atomic mass is 10.1. The van der Waals surface area contributed by atoms with Crippen LogP contribution < -0.4 is 15.4 Å². The first kappa shape index (κ1) is 23.6. The van der Waals surface area contributed by atoms with Crippen LogP contribution in [-0.4, -0.2) is 19.6 Å². The molecule has 2 N–H and O–H groups in total. The van der Waals surface area contributed by atoms with E-state index in [2.05, 4.69) is 15.6 Å². The van der Waals surface area contributed by atoms with Gasteiger partial charge in [0, 0.05) is 12.1 Å². The number of nitrogens with one attached hydrogen (secondary N) is 2. The number of aliphatic imine (C=N–C) groups is 1. The van der Waals surface area contributed by atoms with Crippen LogP contribution in [0.4, 0.5) is 8.78 Å². The second-order valence-corrected chi connectivity index (χ2v) is 5.87. The summed E-state index contributed by atoms with van der Waals surface area (Å²) < 4.78 is 32.8. The first-order valence-corrected chi connectivity index (χ1v) is 8.55. The number of methoxy groups -OCH3 is 1. The minimum absolute atomic E-state index is 0. The molecular formula is C20H23F2IN4O. The van der Waals surface area contributed by atoms with Crippen LogP contribution in [0.15, 0.2) is 41.4 Å². The standard InChI is InChI=1S/C20H22F2N4O.HI/c1-4-24-20(25-12-16-9-14(11-23)5-7-17(16)21)26-13(2)15-6-8-19(27-3)18(22)10-15;/h5-10,13H,4,12H2,1-3H3,(H2,24,25,26);1H. The van der Waals surface area contributed by atoms with Crippen LogP contribution in [0.1, 0.15) is 36.6 Å². The van der Waals surface area contributed by atoms with Gasteiger partial charge in [0.1, 0.15) is 5.82 Å². The van der Waals surface area contributed by atoms with Crippen molar-refractivity contribution in [3.05, 3.63) is 64.7 Å². The van der Waals surface area contributed by atoms with Gasteiger partial charge in [-0.15, -0.1) is 24.0 Å². The van der Waals surface area contributed by atoms with E-state index in [0.29, 0.717) is 23.6 Å². The third kappa shape index (κ3) is 6.34. The molecule has 8 heteroatoms. The molecule has 0 heterocycles. The van der Waals surface area contributed by atoms with Crippen molar-refractivity contribution in [3.8, 4) is 11.8 Å². The number of hydrogen-bond donors (Lipinski definition) is 2. The van der Waals surface area contributed by atoms with Crippen molar-refractivity contribution in [1.82, 2.24) is 10.6 Å². The lowest BCUT2D eigenvalue weighted by molar-refractivity contribution is 0.386. The topological polar surface area (TPSA) is 69.4 Å². The lowest BCUT2D eigenvalue weighted by Crippen LogP contribution is -2.38. The maximum atomic E-state index is 13.9. The Balaban J connectivity index is 0.00000392. The third-order valence-electron chi connectivity index (χ3n) is 3.96. The van der Waals surface area contributed by atoms with E-state index in [-0.39, 0.29) is 42.3 Å². The van der Waals surface area contributed by atoms with Crippen LogP contribution in [0.2, 0.25) is 0 Å². The number of rotatable bonds is 6. The summed E-state index contributed by atoms with van der Waals surface area (Å²) in [6, 6.07) is 10.6. The Bertz CT molecular complexity index is 868. The number of nitriles is 1. The summed E-state index contributed by atoms with van der Waals surface area (Å²) in [5.41, 5.74) is 1.42. The van der Waals surface area contributed by atoms with Gasteiger partial charge >= 0.3 is 0 Å². The molecule has 2 aromatic rings. The molecule has 0 aliphatic carbocycles. The summed E-state index contributed by atoms with van der Waals surface area (Å²) in [6.07, 6.45) is 0. The second kappa shape index (κ2) is 11.4. The van der Waals surface area contributed by atoms with E-state index < -0.39 is 11.6 Å². The number of nitrogens with zero attached hydrogens (tertiary/aromatic N) is 2. The number of benzene rings is 2. The highest BCUT2D eigenvalue weighted by Crippen LogP contribution is 2.21. The van der Waals surface area contributed by atoms with E-state index >= 15 is 0 Å². The molecule has 0 aliphatic heterocycles. The summed E-state index contributed by atoms with van der Waals surface area (Å²) in [5, 5.41) is 15.2. The van der Waals surface area contributed by atoms with E-state index in [1.807, 2.05) is 19.9 Å². The number of ether oxygens (including phenoxy) is 1. The maximum absolute atomic E-state index is 13.9. The number of halogens is 3. The van der Waals surface area contributed by atoms with E-state index in [1.54, 1.807) is 12.1 Å². The van der Waals surface area contributed by atoms with Gasteiger partial charge in [-0.3, -0.25) is 0 Å². The van der Waals surface area contributed by atoms with Crippen molar-refractivity contribution in [2.75, 3.05) is 13.7 Å². The Morgan fingerprint density at radius 3 is 2.57 bits per heavy atom. The number of guanidine groups is 1. The lowest BCUT2D eigenvalue weighted by Gasteiger charge is -2.19. The Labute approximate surface area is 180 Å². The zero-order valence-corrected chi connectivity index (χ0v) is 18.3. The quantitative estimate of drug-likeness (QED) is 0.353. The zero-order chi connectivity index (χ0) is 19.8. The smallest absolute Gasteiger partial charge is 0.192 e. The minimum Gasteiger partial charge on any atom is -0.494 e. The predicted molar refractivity (Wildman–Crippen MR) is 116 cm³/mol. The Morgan fingerprint density at radius 2 is 1.96 bits per heavy atom. The summed E-state index contributed by atoms with van der Waals surface area (Å²) in [4.78, 5) is 4.37. The second-order valence-electron chi connectivity index (χ2n) is 5.87. The van der Waals surface area contributed by atoms with Gasteiger partial charge in [0.15, 0.2) is 17.5 Å². The van der Waals surface area contributed by atoms with Gasteiger partial charge in [-0.2, -0.15) is 5.26 Å². The number of hydrogen-bond acceptors (Lipinski definition) is 3. The molecular weight excluding hydrogens is 477 g/mol. The normalized spacial score (nSPS) is 11.8. The average molecular weight is 500 g/mol. The van der Waals surface area contributed by atoms with Crippen molar-refractivity contribution in [2.24, 2.45) is 4.99 Å². The fraction of sp³-hybridized carbons (Fsp3) is 0.300. The SMILES string of the molecule is CCNC(=NCc1cc(C#N)ccc1F)NC(C)c1ccc(OC)c(F)c1.I. The van der Waals surface area contributed by atoms with Gasteiger partial charge < -0.3 is 15.4 Å². The molecule has 28 heavy (non-hydrogen) atoms. The fourth-order valence-electron chi connectivity index (χ4n) is 2.49. The molecule has 2 aromatic carbocycles. The maximum Gasteiger partial charge on any atom is 0.192 e. The van der Waals surface area contributed by atoms with Gasteiger partial charge in [0.05, 0.1) is 31.3 Å². The zero-order valence-electron chi connectivity index (χ0n) is 15.9. The largest absolute Gasteiger partial charge is 0.494 e. The molecule has 0 amide bonds. The van der Waals surface area contributed by atoms with Crippen LogP contribution >= 0.6 is 24.0 Å². The van der Waals surface area contributed by atoms with E-state index in [9.17, 15) is 8.78 Å². The monoisotopic (exact) mass is 500 g/mol. The van der Waals surface area contributed by atoms with Crippen LogP contribution in [0.25, 0.3) is 0 Å². The van der Waals surface area contributed by atoms with E-state index in [0.717, 1.165) is 5.56 Å². The molecule has 0 saturated heterocycles. The molecule has 0 aliphatic rings. The molecule has 0 fully saturated rings. The van der Waals surface area contributed by atoms with Crippen LogP contribution in [-0.2, 0) is 6.54 Å². The van der Waals surface area contributed by atoms with E-state index in [4.69, 9.17) is 10.00 Å². The summed E-state index contributed by atoms with van der Waals surface area (Å²) in [7, 11) is 1.41. The van der Waals surface area contributed by atoms with Gasteiger partial charge in [-0.1, -0.05) is 6.07 Å². The van der Waals surface area contributed by atoms with Crippen molar-refractivity contribution >= 4 is 29.9 Å². The van der Waals surface area contributed by atoms with Gasteiger partial charge in [-0.25, -0.2) is 13.8 Å². The highest BCUT2D eigenvalue weighted by Gasteiger charge is 2.12. The summed E-state index contributed by atoms with van der Waals surface area (Å²) in [6.45, 7) is 4.45. The molecule has 150 valence electrons. The van der Waals surface area contributed by atoms with Crippen LogP contribution in [0.3, 0.4) is 0 Å². The molecule has 5 nitrogen and oxygen atoms in total. The molecule has 0 spiro atoms. The van der Waals surface area contributed by atoms with Crippen molar-refractivity contribution in [1.29, 1.82) is 5.26 Å². The highest BCUT2D eigenvalue weighted by molar-refractivity contribution is 14.0. The molecule has 0 aromatic heterocycles. The van der Waals surface area contributed by atoms with Crippen LogP contribution in [0, 0.1) is 23.0 Å². The van der Waals surface area contributed by atoms with Gasteiger partial charge in [0.25, 0.3) is 0 Å². The summed E-state index contributed by atoms with van der Waals surface area (Å²) >= 11 is 0. The van der Waals surface area contributed by atoms with Crippen molar-refractivity contribution in [2.45, 2.75) is 26.4 Å². The molecule has 1 atom stereocenters. The fourth-order valence-corrected chi connectivity index (χ4v) is 2.49. The molecule has 0 bridgehead atoms. The predicted octanol–water partition coefficient (Wildman–Crippen LogP) is 4.28. The molecule has 1 unspecified atom stereocenters. The van der Waals surface area contributed by atoms with E-state index in [1.165, 1.54) is 31.4 Å².